The fourth-order valence-electron chi connectivity index (χ4n) is 3.93. The Bertz CT molecular complexity index is 1380. The van der Waals surface area contributed by atoms with E-state index in [2.05, 4.69) is 70.4 Å². The minimum Gasteiger partial charge on any atom is -0.383 e. The normalized spacial score (nSPS) is 11.1. The molecule has 0 unspecified atom stereocenters. The number of nitrogens with two attached hydrogens (primary N) is 1. The molecule has 32 heavy (non-hydrogen) atoms. The number of aryl methyl sites for hydroxylation is 2. The summed E-state index contributed by atoms with van der Waals surface area (Å²) in [6.45, 7) is 6.24. The Labute approximate surface area is 195 Å². The lowest BCUT2D eigenvalue weighted by atomic mass is 9.92. The molecule has 0 aliphatic heterocycles. The highest BCUT2D eigenvalue weighted by Gasteiger charge is 2.16. The van der Waals surface area contributed by atoms with Crippen LogP contribution in [0.25, 0.3) is 28.1 Å². The van der Waals surface area contributed by atoms with Crippen LogP contribution in [0, 0.1) is 25.2 Å². The number of nitrogen functional groups attached to an aromatic ring is 1. The molecule has 0 radical (unpaired) electrons. The fraction of sp³-hybridized carbons (Fsp3) is 0.115. The van der Waals surface area contributed by atoms with Crippen LogP contribution in [-0.2, 0) is 0 Å². The third kappa shape index (κ3) is 4.20. The highest BCUT2D eigenvalue weighted by atomic mass is 79.9. The van der Waals surface area contributed by atoms with E-state index in [9.17, 15) is 0 Å². The second-order valence-corrected chi connectivity index (χ2v) is 8.54. The molecule has 5 nitrogen and oxygen atoms in total. The topological polar surface area (TPSA) is 87.6 Å². The van der Waals surface area contributed by atoms with Gasteiger partial charge in [-0.25, -0.2) is 4.98 Å². The van der Waals surface area contributed by atoms with E-state index in [-0.39, 0.29) is 0 Å². The van der Waals surface area contributed by atoms with Crippen molar-refractivity contribution in [3.05, 3.63) is 81.3 Å². The van der Waals surface area contributed by atoms with E-state index in [1.807, 2.05) is 31.2 Å². The third-order valence-corrected chi connectivity index (χ3v) is 5.71. The molecule has 0 aliphatic rings. The third-order valence-electron chi connectivity index (χ3n) is 5.25. The van der Waals surface area contributed by atoms with Gasteiger partial charge >= 0.3 is 0 Å². The highest BCUT2D eigenvalue weighted by molar-refractivity contribution is 9.10. The second-order valence-electron chi connectivity index (χ2n) is 7.63. The number of nitrogens with zero attached hydrogens (tertiary/aromatic N) is 3. The van der Waals surface area contributed by atoms with Crippen LogP contribution in [0.3, 0.4) is 0 Å². The summed E-state index contributed by atoms with van der Waals surface area (Å²) in [4.78, 5) is 9.29. The maximum Gasteiger partial charge on any atom is 0.229 e. The van der Waals surface area contributed by atoms with Gasteiger partial charge in [-0.05, 0) is 79.4 Å². The minimum absolute atomic E-state index is 0.398. The summed E-state index contributed by atoms with van der Waals surface area (Å²) in [7, 11) is 0. The van der Waals surface area contributed by atoms with Crippen LogP contribution in [0.5, 0.6) is 0 Å². The summed E-state index contributed by atoms with van der Waals surface area (Å²) >= 11 is 3.62. The molecule has 4 rings (SSSR count). The van der Waals surface area contributed by atoms with E-state index < -0.39 is 0 Å². The lowest BCUT2D eigenvalue weighted by Crippen LogP contribution is -2.03. The molecule has 0 spiro atoms. The fourth-order valence-corrected chi connectivity index (χ4v) is 4.39. The molecule has 0 saturated heterocycles. The van der Waals surface area contributed by atoms with Gasteiger partial charge in [0, 0.05) is 21.1 Å². The number of aromatic nitrogens is 2. The van der Waals surface area contributed by atoms with Crippen LogP contribution >= 0.6 is 15.9 Å². The molecule has 0 atom stereocenters. The molecular weight excluding hydrogens is 462 g/mol. The van der Waals surface area contributed by atoms with Crippen molar-refractivity contribution in [2.45, 2.75) is 20.8 Å². The van der Waals surface area contributed by atoms with Gasteiger partial charge in [0.1, 0.15) is 5.82 Å². The molecule has 0 saturated carbocycles. The van der Waals surface area contributed by atoms with Gasteiger partial charge in [-0.3, -0.25) is 0 Å². The van der Waals surface area contributed by atoms with Crippen molar-refractivity contribution in [2.75, 3.05) is 11.1 Å². The molecule has 3 N–H and O–H groups in total. The average molecular weight is 484 g/mol. The maximum atomic E-state index is 9.01. The maximum absolute atomic E-state index is 9.01. The number of fused-ring (bicyclic) bond motifs is 1. The van der Waals surface area contributed by atoms with Gasteiger partial charge in [-0.1, -0.05) is 40.2 Å². The van der Waals surface area contributed by atoms with Crippen LogP contribution in [0.1, 0.15) is 29.2 Å². The molecule has 0 bridgehead atoms. The SMILES string of the molecule is C/C=C/c1cc(C)c(-c2cc(Br)cc3c(N)nc(Nc4ccc(C#N)cc4)nc23)c(C)c1. The molecule has 4 aromatic rings. The quantitative estimate of drug-likeness (QED) is 0.329. The van der Waals surface area contributed by atoms with Crippen molar-refractivity contribution in [3.63, 3.8) is 0 Å². The number of rotatable bonds is 4. The van der Waals surface area contributed by atoms with Gasteiger partial charge in [-0.15, -0.1) is 0 Å². The first-order valence-electron chi connectivity index (χ1n) is 10.2. The number of hydrogen-bond donors (Lipinski definition) is 2. The molecule has 158 valence electrons. The first-order chi connectivity index (χ1) is 15.4. The number of hydrogen-bond acceptors (Lipinski definition) is 5. The zero-order valence-corrected chi connectivity index (χ0v) is 19.7. The molecule has 0 amide bonds. The standard InChI is InChI=1S/C26H22BrN5/c1-4-5-18-10-15(2)23(16(3)11-18)21-12-19(27)13-22-24(21)31-26(32-25(22)29)30-20-8-6-17(14-28)7-9-20/h4-13H,1-3H3,(H3,29,30,31,32)/b5-4+. The molecular formula is C26H22BrN5. The number of nitrogens with one attached hydrogen (secondary N) is 1. The minimum atomic E-state index is 0.398. The van der Waals surface area contributed by atoms with Crippen molar-refractivity contribution in [3.8, 4) is 17.2 Å². The van der Waals surface area contributed by atoms with Crippen LogP contribution in [0.4, 0.5) is 17.5 Å². The van der Waals surface area contributed by atoms with Gasteiger partial charge < -0.3 is 11.1 Å². The Morgan fingerprint density at radius 1 is 1.03 bits per heavy atom. The zero-order valence-electron chi connectivity index (χ0n) is 18.1. The predicted molar refractivity (Wildman–Crippen MR) is 136 cm³/mol. The van der Waals surface area contributed by atoms with Crippen molar-refractivity contribution < 1.29 is 0 Å². The van der Waals surface area contributed by atoms with E-state index >= 15 is 0 Å². The summed E-state index contributed by atoms with van der Waals surface area (Å²) in [6, 6.07) is 17.6. The van der Waals surface area contributed by atoms with Gasteiger partial charge in [0.25, 0.3) is 0 Å². The number of allylic oxidation sites excluding steroid dienone is 1. The van der Waals surface area contributed by atoms with E-state index in [1.54, 1.807) is 12.1 Å². The van der Waals surface area contributed by atoms with Crippen molar-refractivity contribution in [1.29, 1.82) is 5.26 Å². The first-order valence-corrected chi connectivity index (χ1v) is 11.0. The van der Waals surface area contributed by atoms with Gasteiger partial charge in [0.15, 0.2) is 0 Å². The molecule has 0 fully saturated rings. The largest absolute Gasteiger partial charge is 0.383 e. The average Bonchev–Trinajstić information content (AvgIpc) is 2.75. The Morgan fingerprint density at radius 3 is 2.34 bits per heavy atom. The van der Waals surface area contributed by atoms with Crippen LogP contribution in [-0.4, -0.2) is 9.97 Å². The number of benzene rings is 3. The summed E-state index contributed by atoms with van der Waals surface area (Å²) in [6.07, 6.45) is 4.14. The Balaban J connectivity index is 1.89. The summed E-state index contributed by atoms with van der Waals surface area (Å²) in [5.41, 5.74) is 14.1. The second kappa shape index (κ2) is 8.81. The van der Waals surface area contributed by atoms with Gasteiger partial charge in [0.2, 0.25) is 5.95 Å². The lowest BCUT2D eigenvalue weighted by molar-refractivity contribution is 1.22. The Hall–Kier alpha value is -3.69. The molecule has 0 aliphatic carbocycles. The van der Waals surface area contributed by atoms with Crippen molar-refractivity contribution >= 4 is 50.4 Å². The molecule has 6 heteroatoms. The molecule has 1 aromatic heterocycles. The highest BCUT2D eigenvalue weighted by Crippen LogP contribution is 2.37. The van der Waals surface area contributed by atoms with E-state index in [1.165, 1.54) is 5.56 Å². The van der Waals surface area contributed by atoms with Gasteiger partial charge in [-0.2, -0.15) is 10.2 Å². The lowest BCUT2D eigenvalue weighted by Gasteiger charge is -2.16. The first kappa shape index (κ1) is 21.5. The van der Waals surface area contributed by atoms with Crippen molar-refractivity contribution in [2.24, 2.45) is 0 Å². The van der Waals surface area contributed by atoms with E-state index in [0.717, 1.165) is 43.3 Å². The van der Waals surface area contributed by atoms with Crippen LogP contribution in [0.2, 0.25) is 0 Å². The van der Waals surface area contributed by atoms with Crippen molar-refractivity contribution in [1.82, 2.24) is 9.97 Å². The smallest absolute Gasteiger partial charge is 0.229 e. The van der Waals surface area contributed by atoms with Crippen LogP contribution in [0.15, 0.2) is 59.1 Å². The van der Waals surface area contributed by atoms with Gasteiger partial charge in [0.05, 0.1) is 17.1 Å². The Kier molecular flexibility index (Phi) is 5.93. The van der Waals surface area contributed by atoms with Crippen LogP contribution < -0.4 is 11.1 Å². The van der Waals surface area contributed by atoms with E-state index in [4.69, 9.17) is 16.0 Å². The monoisotopic (exact) mass is 483 g/mol. The Morgan fingerprint density at radius 2 is 1.72 bits per heavy atom. The number of nitriles is 1. The predicted octanol–water partition coefficient (Wildman–Crippen LogP) is 6.91. The summed E-state index contributed by atoms with van der Waals surface area (Å²) in [5, 5.41) is 13.0. The zero-order chi connectivity index (χ0) is 22.8. The summed E-state index contributed by atoms with van der Waals surface area (Å²) < 4.78 is 0.916. The molecule has 1 heterocycles. The molecule has 3 aromatic carbocycles. The van der Waals surface area contributed by atoms with E-state index in [0.29, 0.717) is 17.3 Å². The number of halogens is 1. The summed E-state index contributed by atoms with van der Waals surface area (Å²) in [5.74, 6) is 0.804. The number of anilines is 3.